The van der Waals surface area contributed by atoms with Crippen LogP contribution in [0.1, 0.15) is 55.5 Å². The van der Waals surface area contributed by atoms with E-state index in [2.05, 4.69) is 25.2 Å². The van der Waals surface area contributed by atoms with Crippen molar-refractivity contribution in [2.24, 2.45) is 11.8 Å². The van der Waals surface area contributed by atoms with Gasteiger partial charge >= 0.3 is 5.97 Å². The number of nitrogens with one attached hydrogen (secondary N) is 1. The maximum absolute atomic E-state index is 11.8. The van der Waals surface area contributed by atoms with E-state index in [9.17, 15) is 4.79 Å². The fraction of sp³-hybridized carbons (Fsp3) is 0.611. The molecule has 0 aromatic heterocycles. The standard InChI is InChI=1S/C18H27NO2/c1-12(2)14-8-5-6-10-17(14)19-16-11-7-9-15(13(16)3)18(20)21-4/h7,9,11-12,14,17,19H,5-6,8,10H2,1-4H3. The summed E-state index contributed by atoms with van der Waals surface area (Å²) in [6, 6.07) is 6.32. The fourth-order valence-corrected chi connectivity index (χ4v) is 3.46. The van der Waals surface area contributed by atoms with E-state index in [0.29, 0.717) is 23.4 Å². The van der Waals surface area contributed by atoms with E-state index in [4.69, 9.17) is 4.74 Å². The highest BCUT2D eigenvalue weighted by atomic mass is 16.5. The zero-order chi connectivity index (χ0) is 15.4. The third-order valence-electron chi connectivity index (χ3n) is 4.76. The van der Waals surface area contributed by atoms with Crippen LogP contribution in [0.4, 0.5) is 5.69 Å². The van der Waals surface area contributed by atoms with Crippen LogP contribution in [0.15, 0.2) is 18.2 Å². The first-order valence-corrected chi connectivity index (χ1v) is 7.99. The zero-order valence-electron chi connectivity index (χ0n) is 13.6. The molecule has 1 fully saturated rings. The first-order chi connectivity index (χ1) is 10.0. The summed E-state index contributed by atoms with van der Waals surface area (Å²) in [4.78, 5) is 11.8. The summed E-state index contributed by atoms with van der Waals surface area (Å²) in [5.41, 5.74) is 2.70. The second-order valence-electron chi connectivity index (χ2n) is 6.41. The average molecular weight is 289 g/mol. The molecule has 0 amide bonds. The summed E-state index contributed by atoms with van der Waals surface area (Å²) < 4.78 is 4.85. The Morgan fingerprint density at radius 3 is 2.67 bits per heavy atom. The van der Waals surface area contributed by atoms with E-state index in [1.54, 1.807) is 0 Å². The van der Waals surface area contributed by atoms with E-state index in [1.807, 2.05) is 19.1 Å². The molecule has 1 aromatic carbocycles. The molecule has 0 saturated heterocycles. The van der Waals surface area contributed by atoms with Crippen molar-refractivity contribution < 1.29 is 9.53 Å². The minimum Gasteiger partial charge on any atom is -0.465 e. The molecular formula is C18H27NO2. The van der Waals surface area contributed by atoms with Gasteiger partial charge in [-0.25, -0.2) is 4.79 Å². The molecule has 1 aliphatic carbocycles. The summed E-state index contributed by atoms with van der Waals surface area (Å²) >= 11 is 0. The van der Waals surface area contributed by atoms with E-state index in [1.165, 1.54) is 32.8 Å². The van der Waals surface area contributed by atoms with E-state index < -0.39 is 0 Å². The number of ether oxygens (including phenoxy) is 1. The smallest absolute Gasteiger partial charge is 0.338 e. The van der Waals surface area contributed by atoms with E-state index in [-0.39, 0.29) is 5.97 Å². The van der Waals surface area contributed by atoms with Gasteiger partial charge in [0.2, 0.25) is 0 Å². The van der Waals surface area contributed by atoms with Gasteiger partial charge < -0.3 is 10.1 Å². The quantitative estimate of drug-likeness (QED) is 0.834. The van der Waals surface area contributed by atoms with Gasteiger partial charge in [-0.05, 0) is 49.3 Å². The van der Waals surface area contributed by atoms with Crippen molar-refractivity contribution in [2.45, 2.75) is 52.5 Å². The Kier molecular flexibility index (Phi) is 5.27. The number of rotatable bonds is 4. The molecule has 1 aliphatic rings. The molecule has 2 unspecified atom stereocenters. The van der Waals surface area contributed by atoms with E-state index in [0.717, 1.165) is 11.3 Å². The van der Waals surface area contributed by atoms with Gasteiger partial charge in [0, 0.05) is 11.7 Å². The minimum absolute atomic E-state index is 0.264. The predicted molar refractivity (Wildman–Crippen MR) is 86.7 cm³/mol. The van der Waals surface area contributed by atoms with Crippen LogP contribution in [-0.2, 0) is 4.74 Å². The first kappa shape index (κ1) is 15.9. The highest BCUT2D eigenvalue weighted by Crippen LogP contribution is 2.33. The highest BCUT2D eigenvalue weighted by molar-refractivity contribution is 5.92. The molecule has 1 aromatic rings. The monoisotopic (exact) mass is 289 g/mol. The van der Waals surface area contributed by atoms with Gasteiger partial charge in [-0.1, -0.05) is 32.8 Å². The van der Waals surface area contributed by atoms with Crippen molar-refractivity contribution >= 4 is 11.7 Å². The van der Waals surface area contributed by atoms with Gasteiger partial charge in [-0.2, -0.15) is 0 Å². The molecule has 2 rings (SSSR count). The Bertz CT molecular complexity index is 496. The van der Waals surface area contributed by atoms with Crippen LogP contribution in [-0.4, -0.2) is 19.1 Å². The summed E-state index contributed by atoms with van der Waals surface area (Å²) in [7, 11) is 1.43. The number of hydrogen-bond acceptors (Lipinski definition) is 3. The third-order valence-corrected chi connectivity index (χ3v) is 4.76. The van der Waals surface area contributed by atoms with Crippen LogP contribution >= 0.6 is 0 Å². The van der Waals surface area contributed by atoms with Crippen molar-refractivity contribution in [3.8, 4) is 0 Å². The fourth-order valence-electron chi connectivity index (χ4n) is 3.46. The Balaban J connectivity index is 2.20. The van der Waals surface area contributed by atoms with Gasteiger partial charge in [-0.15, -0.1) is 0 Å². The van der Waals surface area contributed by atoms with Crippen LogP contribution in [0, 0.1) is 18.8 Å². The molecule has 0 heterocycles. The molecular weight excluding hydrogens is 262 g/mol. The average Bonchev–Trinajstić information content (AvgIpc) is 2.49. The van der Waals surface area contributed by atoms with Crippen molar-refractivity contribution in [3.63, 3.8) is 0 Å². The number of methoxy groups -OCH3 is 1. The number of benzene rings is 1. The van der Waals surface area contributed by atoms with Gasteiger partial charge in [0.25, 0.3) is 0 Å². The molecule has 0 spiro atoms. The lowest BCUT2D eigenvalue weighted by Gasteiger charge is -2.36. The van der Waals surface area contributed by atoms with Crippen LogP contribution < -0.4 is 5.32 Å². The van der Waals surface area contributed by atoms with Crippen molar-refractivity contribution in [2.75, 3.05) is 12.4 Å². The maximum atomic E-state index is 11.8. The van der Waals surface area contributed by atoms with Gasteiger partial charge in [-0.3, -0.25) is 0 Å². The van der Waals surface area contributed by atoms with Crippen LogP contribution in [0.3, 0.4) is 0 Å². The number of carbonyl (C=O) groups excluding carboxylic acids is 1. The lowest BCUT2D eigenvalue weighted by atomic mass is 9.77. The zero-order valence-corrected chi connectivity index (χ0v) is 13.6. The maximum Gasteiger partial charge on any atom is 0.338 e. The lowest BCUT2D eigenvalue weighted by molar-refractivity contribution is 0.0600. The summed E-state index contributed by atoms with van der Waals surface area (Å²) in [6.07, 6.45) is 5.13. The molecule has 0 aliphatic heterocycles. The number of carbonyl (C=O) groups is 1. The number of esters is 1. The second-order valence-corrected chi connectivity index (χ2v) is 6.41. The van der Waals surface area contributed by atoms with Crippen molar-refractivity contribution in [1.29, 1.82) is 0 Å². The Morgan fingerprint density at radius 1 is 1.29 bits per heavy atom. The third kappa shape index (κ3) is 3.58. The molecule has 0 radical (unpaired) electrons. The molecule has 0 bridgehead atoms. The SMILES string of the molecule is COC(=O)c1cccc(NC2CCCCC2C(C)C)c1C. The summed E-state index contributed by atoms with van der Waals surface area (Å²) in [5, 5.41) is 3.69. The van der Waals surface area contributed by atoms with Crippen molar-refractivity contribution in [3.05, 3.63) is 29.3 Å². The molecule has 1 saturated carbocycles. The highest BCUT2D eigenvalue weighted by Gasteiger charge is 2.28. The van der Waals surface area contributed by atoms with E-state index >= 15 is 0 Å². The van der Waals surface area contributed by atoms with Crippen LogP contribution in [0.5, 0.6) is 0 Å². The topological polar surface area (TPSA) is 38.3 Å². The second kappa shape index (κ2) is 6.97. The molecule has 21 heavy (non-hydrogen) atoms. The number of hydrogen-bond donors (Lipinski definition) is 1. The Hall–Kier alpha value is -1.51. The largest absolute Gasteiger partial charge is 0.465 e. The molecule has 3 nitrogen and oxygen atoms in total. The minimum atomic E-state index is -0.264. The normalized spacial score (nSPS) is 22.1. The van der Waals surface area contributed by atoms with Crippen LogP contribution in [0.2, 0.25) is 0 Å². The first-order valence-electron chi connectivity index (χ1n) is 7.99. The molecule has 116 valence electrons. The molecule has 3 heteroatoms. The van der Waals surface area contributed by atoms with Gasteiger partial charge in [0.05, 0.1) is 12.7 Å². The van der Waals surface area contributed by atoms with Crippen LogP contribution in [0.25, 0.3) is 0 Å². The lowest BCUT2D eigenvalue weighted by Crippen LogP contribution is -2.35. The number of anilines is 1. The predicted octanol–water partition coefficient (Wildman–Crippen LogP) is 4.41. The van der Waals surface area contributed by atoms with Gasteiger partial charge in [0.15, 0.2) is 0 Å². The summed E-state index contributed by atoms with van der Waals surface area (Å²) in [5.74, 6) is 1.13. The Morgan fingerprint density at radius 2 is 2.00 bits per heavy atom. The molecule has 1 N–H and O–H groups in total. The van der Waals surface area contributed by atoms with Crippen molar-refractivity contribution in [1.82, 2.24) is 0 Å². The molecule has 2 atom stereocenters. The summed E-state index contributed by atoms with van der Waals surface area (Å²) in [6.45, 7) is 6.60. The Labute approximate surface area is 128 Å². The van der Waals surface area contributed by atoms with Gasteiger partial charge in [0.1, 0.15) is 0 Å².